The Morgan fingerprint density at radius 3 is 2.85 bits per heavy atom. The Labute approximate surface area is 152 Å². The monoisotopic (exact) mass is 350 g/mol. The number of rotatable bonds is 2. The van der Waals surface area contributed by atoms with Crippen LogP contribution in [0.3, 0.4) is 0 Å². The minimum Gasteiger partial charge on any atom is -0.507 e. The summed E-state index contributed by atoms with van der Waals surface area (Å²) < 4.78 is 0. The topological polar surface area (TPSA) is 82.1 Å². The van der Waals surface area contributed by atoms with E-state index < -0.39 is 0 Å². The van der Waals surface area contributed by atoms with Gasteiger partial charge in [-0.15, -0.1) is 10.2 Å². The predicted molar refractivity (Wildman–Crippen MR) is 102 cm³/mol. The van der Waals surface area contributed by atoms with E-state index >= 15 is 0 Å². The van der Waals surface area contributed by atoms with Gasteiger partial charge < -0.3 is 15.0 Å². The number of benzene rings is 1. The minimum absolute atomic E-state index is 0.0735. The molecule has 1 saturated heterocycles. The highest BCUT2D eigenvalue weighted by Gasteiger charge is 2.20. The zero-order chi connectivity index (χ0) is 18.5. The van der Waals surface area contributed by atoms with Crippen LogP contribution in [-0.2, 0) is 4.79 Å². The van der Waals surface area contributed by atoms with Crippen molar-refractivity contribution in [1.82, 2.24) is 20.1 Å². The van der Waals surface area contributed by atoms with Crippen molar-refractivity contribution < 1.29 is 9.90 Å². The van der Waals surface area contributed by atoms with Crippen LogP contribution in [0.1, 0.15) is 13.3 Å². The number of fused-ring (bicyclic) bond motifs is 1. The summed E-state index contributed by atoms with van der Waals surface area (Å²) >= 11 is 0. The summed E-state index contributed by atoms with van der Waals surface area (Å²) in [7, 11) is 0. The molecule has 0 aliphatic carbocycles. The van der Waals surface area contributed by atoms with E-state index in [0.717, 1.165) is 30.5 Å². The van der Waals surface area contributed by atoms with Crippen molar-refractivity contribution in [3.63, 3.8) is 0 Å². The van der Waals surface area contributed by atoms with Gasteiger partial charge in [-0.1, -0.05) is 25.6 Å². The molecule has 134 valence electrons. The van der Waals surface area contributed by atoms with Gasteiger partial charge >= 0.3 is 0 Å². The van der Waals surface area contributed by atoms with E-state index in [-0.39, 0.29) is 11.7 Å². The van der Waals surface area contributed by atoms with Crippen LogP contribution in [0.5, 0.6) is 5.75 Å². The molecule has 1 amide bonds. The number of para-hydroxylation sites is 1. The molecule has 26 heavy (non-hydrogen) atoms. The van der Waals surface area contributed by atoms with E-state index in [9.17, 15) is 9.90 Å². The number of phenols is 1. The molecule has 1 atom stereocenters. The lowest BCUT2D eigenvalue weighted by atomic mass is 10.1. The minimum atomic E-state index is 0.0735. The van der Waals surface area contributed by atoms with Gasteiger partial charge in [-0.25, -0.2) is 0 Å². The van der Waals surface area contributed by atoms with Gasteiger partial charge in [0.1, 0.15) is 5.75 Å². The molecule has 0 spiro atoms. The summed E-state index contributed by atoms with van der Waals surface area (Å²) in [5.74, 6) is 0.958. The van der Waals surface area contributed by atoms with E-state index in [2.05, 4.69) is 28.7 Å². The zero-order valence-corrected chi connectivity index (χ0v) is 14.7. The molecular formula is C20H22N4O2. The largest absolute Gasteiger partial charge is 0.507 e. The van der Waals surface area contributed by atoms with Crippen molar-refractivity contribution in [2.75, 3.05) is 13.1 Å². The summed E-state index contributed by atoms with van der Waals surface area (Å²) in [4.78, 5) is 15.8. The summed E-state index contributed by atoms with van der Waals surface area (Å²) in [6.45, 7) is 7.42. The van der Waals surface area contributed by atoms with Crippen LogP contribution < -0.4 is 0 Å². The maximum Gasteiger partial charge on any atom is 0.245 e. The molecule has 3 heterocycles. The number of carbonyl (C=O) groups is 1. The highest BCUT2D eigenvalue weighted by molar-refractivity contribution is 5.87. The Bertz CT molecular complexity index is 919. The fraction of sp³-hybridized carbons (Fsp3) is 0.250. The molecule has 0 radical (unpaired) electrons. The first-order valence-electron chi connectivity index (χ1n) is 8.59. The standard InChI is InChI=1S/C12H9N3O.C8H13NO/c16-11-4-2-1-3-9(11)10-7-8-5-6-13-12(8)15-14-10;1-3-8(10)9-5-4-7(2)6-9/h1-7,16H,(H,13,15);3,7H,1,4-6H2,2H3. The van der Waals surface area contributed by atoms with Crippen LogP contribution in [-0.4, -0.2) is 44.2 Å². The molecule has 2 aromatic heterocycles. The highest BCUT2D eigenvalue weighted by atomic mass is 16.3. The second kappa shape index (κ2) is 7.82. The van der Waals surface area contributed by atoms with Gasteiger partial charge in [0, 0.05) is 30.2 Å². The molecule has 4 rings (SSSR count). The van der Waals surface area contributed by atoms with Crippen molar-refractivity contribution in [3.8, 4) is 17.0 Å². The van der Waals surface area contributed by atoms with Crippen molar-refractivity contribution in [2.45, 2.75) is 13.3 Å². The first kappa shape index (κ1) is 17.7. The fourth-order valence-electron chi connectivity index (χ4n) is 2.94. The van der Waals surface area contributed by atoms with E-state index in [0.29, 0.717) is 17.2 Å². The van der Waals surface area contributed by atoms with Crippen LogP contribution in [0.4, 0.5) is 0 Å². The third kappa shape index (κ3) is 3.91. The van der Waals surface area contributed by atoms with E-state index in [1.165, 1.54) is 6.08 Å². The molecule has 2 N–H and O–H groups in total. The Morgan fingerprint density at radius 2 is 2.15 bits per heavy atom. The number of H-pyrrole nitrogens is 1. The van der Waals surface area contributed by atoms with E-state index in [1.54, 1.807) is 12.1 Å². The number of phenolic OH excluding ortho intramolecular Hbond substituents is 1. The number of amides is 1. The molecule has 1 unspecified atom stereocenters. The molecule has 1 aliphatic heterocycles. The number of carbonyl (C=O) groups excluding carboxylic acids is 1. The summed E-state index contributed by atoms with van der Waals surface area (Å²) in [6, 6.07) is 10.9. The number of nitrogens with one attached hydrogen (secondary N) is 1. The molecule has 6 heteroatoms. The van der Waals surface area contributed by atoms with Gasteiger partial charge in [-0.2, -0.15) is 0 Å². The average Bonchev–Trinajstić information content (AvgIpc) is 3.30. The van der Waals surface area contributed by atoms with E-state index in [1.807, 2.05) is 35.4 Å². The summed E-state index contributed by atoms with van der Waals surface area (Å²) in [6.07, 6.45) is 4.34. The molecule has 1 fully saturated rings. The number of hydrogen-bond acceptors (Lipinski definition) is 4. The molecule has 0 saturated carbocycles. The van der Waals surface area contributed by atoms with Gasteiger partial charge in [-0.3, -0.25) is 4.79 Å². The van der Waals surface area contributed by atoms with Crippen LogP contribution in [0, 0.1) is 5.92 Å². The number of aromatic amines is 1. The van der Waals surface area contributed by atoms with Gasteiger partial charge in [0.2, 0.25) is 5.91 Å². The van der Waals surface area contributed by atoms with E-state index in [4.69, 9.17) is 0 Å². The second-order valence-electron chi connectivity index (χ2n) is 6.41. The summed E-state index contributed by atoms with van der Waals surface area (Å²) in [5.41, 5.74) is 2.11. The van der Waals surface area contributed by atoms with Crippen LogP contribution in [0.25, 0.3) is 22.3 Å². The third-order valence-corrected chi connectivity index (χ3v) is 4.40. The first-order chi connectivity index (χ1) is 12.6. The number of hydrogen-bond donors (Lipinski definition) is 2. The molecular weight excluding hydrogens is 328 g/mol. The Kier molecular flexibility index (Phi) is 5.31. The highest BCUT2D eigenvalue weighted by Crippen LogP contribution is 2.27. The fourth-order valence-corrected chi connectivity index (χ4v) is 2.94. The number of nitrogens with zero attached hydrogens (tertiary/aromatic N) is 3. The van der Waals surface area contributed by atoms with Gasteiger partial charge in [0.05, 0.1) is 5.69 Å². The predicted octanol–water partition coefficient (Wildman–Crippen LogP) is 3.37. The SMILES string of the molecule is C=CC(=O)N1CCC(C)C1.Oc1ccccc1-c1cc2cc[nH]c2nn1. The average molecular weight is 350 g/mol. The normalized spacial score (nSPS) is 16.2. The number of likely N-dealkylation sites (tertiary alicyclic amines) is 1. The van der Waals surface area contributed by atoms with Crippen molar-refractivity contribution >= 4 is 16.9 Å². The molecule has 0 bridgehead atoms. The molecule has 6 nitrogen and oxygen atoms in total. The van der Waals surface area contributed by atoms with Gasteiger partial charge in [0.15, 0.2) is 5.65 Å². The van der Waals surface area contributed by atoms with Crippen molar-refractivity contribution in [1.29, 1.82) is 0 Å². The number of aromatic hydroxyl groups is 1. The molecule has 3 aromatic rings. The zero-order valence-electron chi connectivity index (χ0n) is 14.7. The Balaban J connectivity index is 0.000000170. The van der Waals surface area contributed by atoms with Crippen LogP contribution >= 0.6 is 0 Å². The quantitative estimate of drug-likeness (QED) is 0.694. The Hall–Kier alpha value is -3.15. The molecule has 1 aromatic carbocycles. The smallest absolute Gasteiger partial charge is 0.245 e. The summed E-state index contributed by atoms with van der Waals surface area (Å²) in [5, 5.41) is 18.8. The first-order valence-corrected chi connectivity index (χ1v) is 8.59. The number of aromatic nitrogens is 3. The second-order valence-corrected chi connectivity index (χ2v) is 6.41. The van der Waals surface area contributed by atoms with Gasteiger partial charge in [-0.05, 0) is 42.7 Å². The maximum atomic E-state index is 11.0. The van der Waals surface area contributed by atoms with Crippen molar-refractivity contribution in [2.24, 2.45) is 5.92 Å². The molecule has 1 aliphatic rings. The van der Waals surface area contributed by atoms with Gasteiger partial charge in [0.25, 0.3) is 0 Å². The maximum absolute atomic E-state index is 11.0. The van der Waals surface area contributed by atoms with Crippen LogP contribution in [0.2, 0.25) is 0 Å². The van der Waals surface area contributed by atoms with Crippen molar-refractivity contribution in [3.05, 3.63) is 55.3 Å². The lowest BCUT2D eigenvalue weighted by Crippen LogP contribution is -2.26. The van der Waals surface area contributed by atoms with Crippen LogP contribution in [0.15, 0.2) is 55.3 Å². The third-order valence-electron chi connectivity index (χ3n) is 4.40. The lowest BCUT2D eigenvalue weighted by Gasteiger charge is -2.11. The Morgan fingerprint density at radius 1 is 1.35 bits per heavy atom. The lowest BCUT2D eigenvalue weighted by molar-refractivity contribution is -0.125.